The summed E-state index contributed by atoms with van der Waals surface area (Å²) < 4.78 is 0. The lowest BCUT2D eigenvalue weighted by atomic mass is 9.93. The molecule has 1 atom stereocenters. The van der Waals surface area contributed by atoms with Crippen molar-refractivity contribution in [2.24, 2.45) is 0 Å². The number of benzene rings is 2. The van der Waals surface area contributed by atoms with Crippen molar-refractivity contribution >= 4 is 17.5 Å². The molecular weight excluding hydrogens is 322 g/mol. The second kappa shape index (κ2) is 7.37. The first-order valence-electron chi connectivity index (χ1n) is 8.36. The molecule has 0 aliphatic heterocycles. The van der Waals surface area contributed by atoms with Crippen molar-refractivity contribution in [2.45, 2.75) is 30.6 Å². The van der Waals surface area contributed by atoms with Gasteiger partial charge in [0.25, 0.3) is 0 Å². The molecule has 3 rings (SSSR count). The fourth-order valence-electron chi connectivity index (χ4n) is 3.19. The Morgan fingerprint density at radius 2 is 1.79 bits per heavy atom. The van der Waals surface area contributed by atoms with Gasteiger partial charge in [0, 0.05) is 24.1 Å². The molecule has 2 aromatic carbocycles. The molecule has 0 aromatic heterocycles. The fraction of sp³-hybridized carbons (Fsp3) is 0.350. The van der Waals surface area contributed by atoms with Gasteiger partial charge in [0.2, 0.25) is 5.91 Å². The SMILES string of the molecule is O=C(NCC(CCO)c1ccccc1)C1(c2ccc(Cl)cc2)CC1. The van der Waals surface area contributed by atoms with Crippen LogP contribution in [0.3, 0.4) is 0 Å². The molecule has 4 heteroatoms. The Kier molecular flexibility index (Phi) is 5.22. The Morgan fingerprint density at radius 1 is 1.12 bits per heavy atom. The van der Waals surface area contributed by atoms with E-state index in [1.54, 1.807) is 0 Å². The van der Waals surface area contributed by atoms with Gasteiger partial charge in [-0.25, -0.2) is 0 Å². The Labute approximate surface area is 147 Å². The summed E-state index contributed by atoms with van der Waals surface area (Å²) in [5.41, 5.74) is 1.77. The molecular formula is C20H22ClNO2. The van der Waals surface area contributed by atoms with E-state index in [1.807, 2.05) is 54.6 Å². The van der Waals surface area contributed by atoms with Gasteiger partial charge in [-0.05, 0) is 42.5 Å². The van der Waals surface area contributed by atoms with E-state index in [0.717, 1.165) is 24.0 Å². The van der Waals surface area contributed by atoms with E-state index in [0.29, 0.717) is 18.0 Å². The van der Waals surface area contributed by atoms with E-state index in [2.05, 4.69) is 5.32 Å². The topological polar surface area (TPSA) is 49.3 Å². The molecule has 1 aliphatic carbocycles. The van der Waals surface area contributed by atoms with Crippen LogP contribution in [0, 0.1) is 0 Å². The molecule has 24 heavy (non-hydrogen) atoms. The molecule has 1 aliphatic rings. The number of hydrogen-bond donors (Lipinski definition) is 2. The molecule has 0 spiro atoms. The first kappa shape index (κ1) is 17.0. The number of carbonyl (C=O) groups is 1. The van der Waals surface area contributed by atoms with Crippen molar-refractivity contribution < 1.29 is 9.90 Å². The summed E-state index contributed by atoms with van der Waals surface area (Å²) in [6.07, 6.45) is 2.38. The van der Waals surface area contributed by atoms with Crippen LogP contribution < -0.4 is 5.32 Å². The third-order valence-corrected chi connectivity index (χ3v) is 5.09. The number of hydrogen-bond acceptors (Lipinski definition) is 2. The zero-order chi connectivity index (χ0) is 17.0. The molecule has 0 bridgehead atoms. The van der Waals surface area contributed by atoms with Crippen LogP contribution in [0.5, 0.6) is 0 Å². The molecule has 0 saturated heterocycles. The number of rotatable bonds is 7. The van der Waals surface area contributed by atoms with Gasteiger partial charge < -0.3 is 10.4 Å². The summed E-state index contributed by atoms with van der Waals surface area (Å²) in [4.78, 5) is 12.7. The predicted molar refractivity (Wildman–Crippen MR) is 96.3 cm³/mol. The minimum atomic E-state index is -0.398. The third-order valence-electron chi connectivity index (χ3n) is 4.84. The van der Waals surface area contributed by atoms with E-state index >= 15 is 0 Å². The lowest BCUT2D eigenvalue weighted by molar-refractivity contribution is -0.123. The largest absolute Gasteiger partial charge is 0.396 e. The maximum atomic E-state index is 12.7. The number of aliphatic hydroxyl groups excluding tert-OH is 1. The van der Waals surface area contributed by atoms with Gasteiger partial charge >= 0.3 is 0 Å². The van der Waals surface area contributed by atoms with Crippen LogP contribution in [0.4, 0.5) is 0 Å². The second-order valence-electron chi connectivity index (χ2n) is 6.42. The predicted octanol–water partition coefficient (Wildman–Crippen LogP) is 3.65. The van der Waals surface area contributed by atoms with Gasteiger partial charge in [-0.2, -0.15) is 0 Å². The van der Waals surface area contributed by atoms with E-state index in [1.165, 1.54) is 0 Å². The van der Waals surface area contributed by atoms with Crippen molar-refractivity contribution in [2.75, 3.05) is 13.2 Å². The van der Waals surface area contributed by atoms with E-state index in [-0.39, 0.29) is 18.4 Å². The van der Waals surface area contributed by atoms with E-state index in [9.17, 15) is 9.90 Å². The first-order valence-corrected chi connectivity index (χ1v) is 8.74. The minimum Gasteiger partial charge on any atom is -0.396 e. The molecule has 3 nitrogen and oxygen atoms in total. The van der Waals surface area contributed by atoms with Crippen LogP contribution in [-0.4, -0.2) is 24.2 Å². The van der Waals surface area contributed by atoms with E-state index < -0.39 is 5.41 Å². The van der Waals surface area contributed by atoms with Gasteiger partial charge in [-0.3, -0.25) is 4.79 Å². The summed E-state index contributed by atoms with van der Waals surface area (Å²) in [6.45, 7) is 0.649. The highest BCUT2D eigenvalue weighted by molar-refractivity contribution is 6.30. The van der Waals surface area contributed by atoms with Crippen molar-refractivity contribution in [1.82, 2.24) is 5.32 Å². The standard InChI is InChI=1S/C20H22ClNO2/c21-18-8-6-17(7-9-18)20(11-12-20)19(24)22-14-16(10-13-23)15-4-2-1-3-5-15/h1-9,16,23H,10-14H2,(H,22,24). The monoisotopic (exact) mass is 343 g/mol. The molecule has 1 fully saturated rings. The first-order chi connectivity index (χ1) is 11.7. The molecule has 0 heterocycles. The summed E-state index contributed by atoms with van der Waals surface area (Å²) in [6, 6.07) is 17.6. The highest BCUT2D eigenvalue weighted by atomic mass is 35.5. The third kappa shape index (κ3) is 3.63. The highest BCUT2D eigenvalue weighted by Gasteiger charge is 2.51. The van der Waals surface area contributed by atoms with Gasteiger partial charge in [-0.15, -0.1) is 0 Å². The molecule has 126 valence electrons. The smallest absolute Gasteiger partial charge is 0.230 e. The van der Waals surface area contributed by atoms with Crippen LogP contribution in [0.2, 0.25) is 5.02 Å². The Morgan fingerprint density at radius 3 is 2.38 bits per heavy atom. The minimum absolute atomic E-state index is 0.0729. The quantitative estimate of drug-likeness (QED) is 0.806. The molecule has 1 amide bonds. The summed E-state index contributed by atoms with van der Waals surface area (Å²) >= 11 is 5.94. The highest BCUT2D eigenvalue weighted by Crippen LogP contribution is 2.48. The fourth-order valence-corrected chi connectivity index (χ4v) is 3.32. The maximum absolute atomic E-state index is 12.7. The van der Waals surface area contributed by atoms with Gasteiger partial charge in [-0.1, -0.05) is 54.1 Å². The normalized spacial score (nSPS) is 16.4. The van der Waals surface area contributed by atoms with Crippen LogP contribution in [0.25, 0.3) is 0 Å². The zero-order valence-corrected chi connectivity index (χ0v) is 14.3. The van der Waals surface area contributed by atoms with Crippen LogP contribution >= 0.6 is 11.6 Å². The number of carbonyl (C=O) groups excluding carboxylic acids is 1. The summed E-state index contributed by atoms with van der Waals surface area (Å²) in [5.74, 6) is 0.199. The zero-order valence-electron chi connectivity index (χ0n) is 13.5. The van der Waals surface area contributed by atoms with Gasteiger partial charge in [0.05, 0.1) is 5.41 Å². The van der Waals surface area contributed by atoms with Crippen LogP contribution in [-0.2, 0) is 10.2 Å². The lowest BCUT2D eigenvalue weighted by Gasteiger charge is -2.20. The van der Waals surface area contributed by atoms with E-state index in [4.69, 9.17) is 11.6 Å². The summed E-state index contributed by atoms with van der Waals surface area (Å²) in [5, 5.41) is 13.1. The Bertz CT molecular complexity index is 681. The molecule has 0 radical (unpaired) electrons. The number of aliphatic hydroxyl groups is 1. The van der Waals surface area contributed by atoms with Crippen LogP contribution in [0.1, 0.15) is 36.3 Å². The van der Waals surface area contributed by atoms with Crippen molar-refractivity contribution in [3.8, 4) is 0 Å². The molecule has 1 unspecified atom stereocenters. The Hall–Kier alpha value is -1.84. The van der Waals surface area contributed by atoms with Crippen molar-refractivity contribution in [1.29, 1.82) is 0 Å². The summed E-state index contributed by atoms with van der Waals surface area (Å²) in [7, 11) is 0. The molecule has 2 N–H and O–H groups in total. The number of amides is 1. The van der Waals surface area contributed by atoms with Crippen molar-refractivity contribution in [3.63, 3.8) is 0 Å². The second-order valence-corrected chi connectivity index (χ2v) is 6.86. The van der Waals surface area contributed by atoms with Crippen molar-refractivity contribution in [3.05, 3.63) is 70.7 Å². The van der Waals surface area contributed by atoms with Gasteiger partial charge in [0.15, 0.2) is 0 Å². The maximum Gasteiger partial charge on any atom is 0.230 e. The average molecular weight is 344 g/mol. The number of nitrogens with one attached hydrogen (secondary N) is 1. The number of halogens is 1. The molecule has 2 aromatic rings. The Balaban J connectivity index is 1.67. The lowest BCUT2D eigenvalue weighted by Crippen LogP contribution is -2.37. The van der Waals surface area contributed by atoms with Crippen LogP contribution in [0.15, 0.2) is 54.6 Å². The average Bonchev–Trinajstić information content (AvgIpc) is 3.41. The van der Waals surface area contributed by atoms with Gasteiger partial charge in [0.1, 0.15) is 0 Å². The molecule has 1 saturated carbocycles.